The van der Waals surface area contributed by atoms with E-state index >= 15 is 0 Å². The van der Waals surface area contributed by atoms with Gasteiger partial charge in [0.25, 0.3) is 0 Å². The number of aromatic amines is 1. The standard InChI is InChI=1S/C25H30N6/c1-2-21(25-14-26-10-11-30(25)15-19-6-4-3-5-7-19)23-13-28-24-9-8-20(12-22(23)24)16-31-18-27-17-29-31/h3-9,12-13,17-18,21,25-26,28H,2,10-11,14-16H2,1H3. The Labute approximate surface area is 183 Å². The number of nitrogens with zero attached hydrogens (tertiary/aromatic N) is 4. The second-order valence-electron chi connectivity index (χ2n) is 8.46. The van der Waals surface area contributed by atoms with Crippen LogP contribution in [-0.4, -0.2) is 50.3 Å². The third kappa shape index (κ3) is 4.27. The molecule has 1 fully saturated rings. The zero-order chi connectivity index (χ0) is 21.0. The molecule has 6 heteroatoms. The van der Waals surface area contributed by atoms with Gasteiger partial charge in [0, 0.05) is 55.2 Å². The Morgan fingerprint density at radius 2 is 2.00 bits per heavy atom. The lowest BCUT2D eigenvalue weighted by molar-refractivity contribution is 0.128. The highest BCUT2D eigenvalue weighted by molar-refractivity contribution is 5.84. The van der Waals surface area contributed by atoms with Gasteiger partial charge in [0.05, 0.1) is 6.54 Å². The summed E-state index contributed by atoms with van der Waals surface area (Å²) in [5, 5.41) is 9.23. The lowest BCUT2D eigenvalue weighted by Crippen LogP contribution is -2.53. The van der Waals surface area contributed by atoms with Gasteiger partial charge in [0.1, 0.15) is 12.7 Å². The highest BCUT2D eigenvalue weighted by Gasteiger charge is 2.31. The van der Waals surface area contributed by atoms with Gasteiger partial charge >= 0.3 is 0 Å². The van der Waals surface area contributed by atoms with Crippen molar-refractivity contribution >= 4 is 10.9 Å². The third-order valence-electron chi connectivity index (χ3n) is 6.52. The minimum atomic E-state index is 0.465. The molecule has 4 aromatic rings. The molecule has 2 unspecified atom stereocenters. The average molecular weight is 415 g/mol. The summed E-state index contributed by atoms with van der Waals surface area (Å²) in [4.78, 5) is 10.3. The molecule has 0 amide bonds. The first-order chi connectivity index (χ1) is 15.3. The van der Waals surface area contributed by atoms with Crippen molar-refractivity contribution in [1.82, 2.24) is 30.0 Å². The van der Waals surface area contributed by atoms with Crippen molar-refractivity contribution in [2.75, 3.05) is 19.6 Å². The number of piperazine rings is 1. The summed E-state index contributed by atoms with van der Waals surface area (Å²) in [6.07, 6.45) is 6.70. The molecule has 3 heterocycles. The second kappa shape index (κ2) is 9.04. The van der Waals surface area contributed by atoms with Crippen LogP contribution in [0.4, 0.5) is 0 Å². The first kappa shape index (κ1) is 20.0. The molecule has 1 aliphatic heterocycles. The van der Waals surface area contributed by atoms with E-state index in [-0.39, 0.29) is 0 Å². The molecule has 0 spiro atoms. The Morgan fingerprint density at radius 3 is 2.81 bits per heavy atom. The van der Waals surface area contributed by atoms with Crippen LogP contribution in [0.25, 0.3) is 10.9 Å². The van der Waals surface area contributed by atoms with Crippen LogP contribution in [0.1, 0.15) is 36.0 Å². The normalized spacial score (nSPS) is 18.4. The molecule has 2 N–H and O–H groups in total. The summed E-state index contributed by atoms with van der Waals surface area (Å²) in [7, 11) is 0. The van der Waals surface area contributed by atoms with E-state index in [2.05, 4.69) is 86.9 Å². The molecule has 0 saturated carbocycles. The molecule has 2 atom stereocenters. The minimum absolute atomic E-state index is 0.465. The van der Waals surface area contributed by atoms with E-state index in [1.807, 2.05) is 4.68 Å². The van der Waals surface area contributed by atoms with Crippen LogP contribution in [0, 0.1) is 0 Å². The molecule has 2 aromatic carbocycles. The zero-order valence-electron chi connectivity index (χ0n) is 18.0. The number of H-pyrrole nitrogens is 1. The van der Waals surface area contributed by atoms with Gasteiger partial charge in [-0.3, -0.25) is 4.90 Å². The number of hydrogen-bond acceptors (Lipinski definition) is 4. The number of hydrogen-bond donors (Lipinski definition) is 2. The van der Waals surface area contributed by atoms with Gasteiger partial charge in [-0.15, -0.1) is 0 Å². The fourth-order valence-electron chi connectivity index (χ4n) is 4.97. The summed E-state index contributed by atoms with van der Waals surface area (Å²) >= 11 is 0. The van der Waals surface area contributed by atoms with Gasteiger partial charge in [0.2, 0.25) is 0 Å². The lowest BCUT2D eigenvalue weighted by Gasteiger charge is -2.40. The summed E-state index contributed by atoms with van der Waals surface area (Å²) in [5.74, 6) is 0.465. The maximum Gasteiger partial charge on any atom is 0.137 e. The van der Waals surface area contributed by atoms with E-state index in [4.69, 9.17) is 0 Å². The molecule has 0 radical (unpaired) electrons. The summed E-state index contributed by atoms with van der Waals surface area (Å²) in [6.45, 7) is 7.21. The van der Waals surface area contributed by atoms with Crippen LogP contribution >= 0.6 is 0 Å². The Hall–Kier alpha value is -2.96. The van der Waals surface area contributed by atoms with Crippen molar-refractivity contribution in [3.63, 3.8) is 0 Å². The van der Waals surface area contributed by atoms with Gasteiger partial charge in [-0.1, -0.05) is 43.3 Å². The molecule has 5 rings (SSSR count). The largest absolute Gasteiger partial charge is 0.361 e. The molecular formula is C25H30N6. The maximum absolute atomic E-state index is 4.26. The van der Waals surface area contributed by atoms with Crippen LogP contribution in [0.5, 0.6) is 0 Å². The third-order valence-corrected chi connectivity index (χ3v) is 6.52. The van der Waals surface area contributed by atoms with Crippen molar-refractivity contribution in [2.45, 2.75) is 38.4 Å². The molecule has 31 heavy (non-hydrogen) atoms. The number of rotatable bonds is 7. The number of nitrogens with one attached hydrogen (secondary N) is 2. The van der Waals surface area contributed by atoms with E-state index in [0.29, 0.717) is 12.0 Å². The predicted molar refractivity (Wildman–Crippen MR) is 124 cm³/mol. The first-order valence-corrected chi connectivity index (χ1v) is 11.2. The number of benzene rings is 2. The molecular weight excluding hydrogens is 384 g/mol. The van der Waals surface area contributed by atoms with Crippen LogP contribution < -0.4 is 5.32 Å². The first-order valence-electron chi connectivity index (χ1n) is 11.2. The van der Waals surface area contributed by atoms with Crippen LogP contribution in [0.3, 0.4) is 0 Å². The molecule has 0 aliphatic carbocycles. The predicted octanol–water partition coefficient (Wildman–Crippen LogP) is 3.78. The highest BCUT2D eigenvalue weighted by atomic mass is 15.3. The molecule has 160 valence electrons. The summed E-state index contributed by atoms with van der Waals surface area (Å²) < 4.78 is 1.87. The van der Waals surface area contributed by atoms with E-state index < -0.39 is 0 Å². The fraction of sp³-hybridized carbons (Fsp3) is 0.360. The second-order valence-corrected chi connectivity index (χ2v) is 8.46. The molecule has 1 saturated heterocycles. The van der Waals surface area contributed by atoms with Crippen LogP contribution in [0.15, 0.2) is 67.4 Å². The summed E-state index contributed by atoms with van der Waals surface area (Å²) in [6, 6.07) is 18.0. The van der Waals surface area contributed by atoms with Gasteiger partial charge < -0.3 is 10.3 Å². The SMILES string of the molecule is CCC(c1c[nH]c2ccc(Cn3cncn3)cc12)C1CNCCN1Cc1ccccc1. The van der Waals surface area contributed by atoms with Crippen LogP contribution in [0.2, 0.25) is 0 Å². The lowest BCUT2D eigenvalue weighted by atomic mass is 9.86. The van der Waals surface area contributed by atoms with E-state index in [0.717, 1.165) is 39.1 Å². The van der Waals surface area contributed by atoms with Crippen molar-refractivity contribution in [1.29, 1.82) is 0 Å². The average Bonchev–Trinajstić information content (AvgIpc) is 3.46. The summed E-state index contributed by atoms with van der Waals surface area (Å²) in [5.41, 5.74) is 5.26. The van der Waals surface area contributed by atoms with Crippen molar-refractivity contribution < 1.29 is 0 Å². The van der Waals surface area contributed by atoms with E-state index in [1.54, 1.807) is 12.7 Å². The minimum Gasteiger partial charge on any atom is -0.361 e. The molecule has 1 aliphatic rings. The topological polar surface area (TPSA) is 61.8 Å². The maximum atomic E-state index is 4.26. The monoisotopic (exact) mass is 414 g/mol. The molecule has 6 nitrogen and oxygen atoms in total. The quantitative estimate of drug-likeness (QED) is 0.483. The van der Waals surface area contributed by atoms with E-state index in [9.17, 15) is 0 Å². The Balaban J connectivity index is 1.44. The Morgan fingerprint density at radius 1 is 1.10 bits per heavy atom. The highest BCUT2D eigenvalue weighted by Crippen LogP contribution is 2.34. The van der Waals surface area contributed by atoms with Crippen LogP contribution in [-0.2, 0) is 13.1 Å². The van der Waals surface area contributed by atoms with E-state index in [1.165, 1.54) is 27.6 Å². The van der Waals surface area contributed by atoms with Crippen molar-refractivity contribution in [3.05, 3.63) is 84.1 Å². The van der Waals surface area contributed by atoms with Gasteiger partial charge in [-0.05, 0) is 35.2 Å². The Bertz CT molecular complexity index is 1100. The van der Waals surface area contributed by atoms with Crippen molar-refractivity contribution in [2.24, 2.45) is 0 Å². The fourth-order valence-corrected chi connectivity index (χ4v) is 4.97. The smallest absolute Gasteiger partial charge is 0.137 e. The number of aromatic nitrogens is 4. The Kier molecular flexibility index (Phi) is 5.82. The molecule has 2 aromatic heterocycles. The van der Waals surface area contributed by atoms with Gasteiger partial charge in [0.15, 0.2) is 0 Å². The van der Waals surface area contributed by atoms with Crippen molar-refractivity contribution in [3.8, 4) is 0 Å². The molecule has 0 bridgehead atoms. The zero-order valence-corrected chi connectivity index (χ0v) is 18.0. The number of fused-ring (bicyclic) bond motifs is 1. The van der Waals surface area contributed by atoms with Gasteiger partial charge in [-0.2, -0.15) is 5.10 Å². The van der Waals surface area contributed by atoms with Gasteiger partial charge in [-0.25, -0.2) is 9.67 Å².